The van der Waals surface area contributed by atoms with Gasteiger partial charge in [-0.05, 0) is 61.7 Å². The standard InChI is InChI=1S/C16H27NO/c1-3-7-17(8-4-2)15(18)10-12-9-13-5-6-16(13)11-14(12)16/h12-14H,3-11H2,1-2H3. The second kappa shape index (κ2) is 4.54. The molecule has 3 saturated carbocycles. The summed E-state index contributed by atoms with van der Waals surface area (Å²) >= 11 is 0. The highest BCUT2D eigenvalue weighted by Gasteiger charge is 2.70. The van der Waals surface area contributed by atoms with Crippen molar-refractivity contribution < 1.29 is 4.79 Å². The molecule has 0 aromatic heterocycles. The fraction of sp³-hybridized carbons (Fsp3) is 0.938. The first-order valence-corrected chi connectivity index (χ1v) is 7.99. The molecule has 0 N–H and O–H groups in total. The van der Waals surface area contributed by atoms with E-state index in [0.29, 0.717) is 5.91 Å². The molecule has 18 heavy (non-hydrogen) atoms. The van der Waals surface area contributed by atoms with E-state index in [1.807, 2.05) is 0 Å². The van der Waals surface area contributed by atoms with Crippen LogP contribution in [0.25, 0.3) is 0 Å². The van der Waals surface area contributed by atoms with Gasteiger partial charge < -0.3 is 4.90 Å². The van der Waals surface area contributed by atoms with Crippen molar-refractivity contribution in [1.29, 1.82) is 0 Å². The van der Waals surface area contributed by atoms with Crippen LogP contribution in [0.3, 0.4) is 0 Å². The van der Waals surface area contributed by atoms with E-state index in [9.17, 15) is 4.79 Å². The fourth-order valence-corrected chi connectivity index (χ4v) is 4.83. The van der Waals surface area contributed by atoms with Gasteiger partial charge in [-0.2, -0.15) is 0 Å². The lowest BCUT2D eigenvalue weighted by Gasteiger charge is -2.34. The molecule has 4 unspecified atom stereocenters. The molecule has 0 aliphatic heterocycles. The molecule has 3 aliphatic carbocycles. The van der Waals surface area contributed by atoms with Crippen LogP contribution in [0.4, 0.5) is 0 Å². The lowest BCUT2D eigenvalue weighted by atomic mass is 9.71. The maximum Gasteiger partial charge on any atom is 0.222 e. The summed E-state index contributed by atoms with van der Waals surface area (Å²) < 4.78 is 0. The first kappa shape index (κ1) is 12.5. The Morgan fingerprint density at radius 2 is 2.00 bits per heavy atom. The molecular formula is C16H27NO. The number of amides is 1. The van der Waals surface area contributed by atoms with E-state index in [0.717, 1.165) is 55.5 Å². The highest BCUT2D eigenvalue weighted by atomic mass is 16.2. The molecule has 4 atom stereocenters. The topological polar surface area (TPSA) is 20.3 Å². The third-order valence-electron chi connectivity index (χ3n) is 5.88. The average molecular weight is 249 g/mol. The van der Waals surface area contributed by atoms with Gasteiger partial charge in [0.15, 0.2) is 0 Å². The predicted octanol–water partition coefficient (Wildman–Crippen LogP) is 3.46. The zero-order valence-electron chi connectivity index (χ0n) is 12.0. The van der Waals surface area contributed by atoms with Gasteiger partial charge in [0.25, 0.3) is 0 Å². The highest BCUT2D eigenvalue weighted by Crippen LogP contribution is 2.78. The van der Waals surface area contributed by atoms with Gasteiger partial charge in [0.2, 0.25) is 5.91 Å². The molecule has 3 fully saturated rings. The van der Waals surface area contributed by atoms with E-state index in [-0.39, 0.29) is 0 Å². The quantitative estimate of drug-likeness (QED) is 0.706. The second-order valence-corrected chi connectivity index (χ2v) is 6.86. The number of carbonyl (C=O) groups is 1. The smallest absolute Gasteiger partial charge is 0.222 e. The second-order valence-electron chi connectivity index (χ2n) is 6.86. The van der Waals surface area contributed by atoms with Gasteiger partial charge in [-0.3, -0.25) is 4.79 Å². The Balaban J connectivity index is 1.54. The van der Waals surface area contributed by atoms with E-state index >= 15 is 0 Å². The van der Waals surface area contributed by atoms with Crippen LogP contribution in [0, 0.1) is 23.2 Å². The van der Waals surface area contributed by atoms with Crippen molar-refractivity contribution in [3.05, 3.63) is 0 Å². The first-order chi connectivity index (χ1) is 8.71. The average Bonchev–Trinajstić information content (AvgIpc) is 3.06. The molecule has 2 heteroatoms. The van der Waals surface area contributed by atoms with Gasteiger partial charge in [0.1, 0.15) is 0 Å². The number of hydrogen-bond donors (Lipinski definition) is 0. The molecular weight excluding hydrogens is 222 g/mol. The number of carbonyl (C=O) groups excluding carboxylic acids is 1. The van der Waals surface area contributed by atoms with Crippen LogP contribution >= 0.6 is 0 Å². The first-order valence-electron chi connectivity index (χ1n) is 7.99. The number of rotatable bonds is 6. The van der Waals surface area contributed by atoms with Crippen LogP contribution in [0.1, 0.15) is 58.8 Å². The van der Waals surface area contributed by atoms with Crippen LogP contribution < -0.4 is 0 Å². The summed E-state index contributed by atoms with van der Waals surface area (Å²) in [5, 5.41) is 0. The molecule has 3 aliphatic rings. The van der Waals surface area contributed by atoms with E-state index in [1.165, 1.54) is 25.7 Å². The minimum absolute atomic E-state index is 0.437. The molecule has 0 heterocycles. The van der Waals surface area contributed by atoms with Crippen molar-refractivity contribution in [2.24, 2.45) is 23.2 Å². The highest BCUT2D eigenvalue weighted by molar-refractivity contribution is 5.76. The summed E-state index contributed by atoms with van der Waals surface area (Å²) in [5.41, 5.74) is 0.769. The van der Waals surface area contributed by atoms with Gasteiger partial charge in [0, 0.05) is 19.5 Å². The van der Waals surface area contributed by atoms with E-state index in [1.54, 1.807) is 0 Å². The van der Waals surface area contributed by atoms with Gasteiger partial charge in [-0.1, -0.05) is 13.8 Å². The Bertz CT molecular complexity index is 334. The number of hydrogen-bond acceptors (Lipinski definition) is 1. The van der Waals surface area contributed by atoms with Gasteiger partial charge in [0.05, 0.1) is 0 Å². The molecule has 0 saturated heterocycles. The lowest BCUT2D eigenvalue weighted by Crippen LogP contribution is -2.33. The van der Waals surface area contributed by atoms with E-state index in [2.05, 4.69) is 18.7 Å². The molecule has 0 aromatic carbocycles. The Kier molecular flexibility index (Phi) is 3.15. The van der Waals surface area contributed by atoms with Crippen LogP contribution in [-0.4, -0.2) is 23.9 Å². The van der Waals surface area contributed by atoms with Crippen molar-refractivity contribution in [1.82, 2.24) is 4.90 Å². The summed E-state index contributed by atoms with van der Waals surface area (Å²) in [6.07, 6.45) is 8.77. The Hall–Kier alpha value is -0.530. The third-order valence-corrected chi connectivity index (χ3v) is 5.88. The summed E-state index contributed by atoms with van der Waals surface area (Å²) in [7, 11) is 0. The van der Waals surface area contributed by atoms with Crippen LogP contribution in [-0.2, 0) is 4.79 Å². The summed E-state index contributed by atoms with van der Waals surface area (Å²) in [5.74, 6) is 3.12. The molecule has 0 aromatic rings. The van der Waals surface area contributed by atoms with E-state index in [4.69, 9.17) is 0 Å². The van der Waals surface area contributed by atoms with Crippen molar-refractivity contribution in [2.45, 2.75) is 58.8 Å². The fourth-order valence-electron chi connectivity index (χ4n) is 4.83. The Labute approximate surface area is 111 Å². The normalized spacial score (nSPS) is 39.8. The summed E-state index contributed by atoms with van der Waals surface area (Å²) in [6.45, 7) is 6.25. The molecule has 0 bridgehead atoms. The molecule has 1 spiro atoms. The molecule has 102 valence electrons. The minimum atomic E-state index is 0.437. The van der Waals surface area contributed by atoms with Crippen molar-refractivity contribution >= 4 is 5.91 Å². The Morgan fingerprint density at radius 3 is 2.39 bits per heavy atom. The SMILES string of the molecule is CCCN(CCC)C(=O)CC1CC2CCC23CC13. The van der Waals surface area contributed by atoms with Crippen molar-refractivity contribution in [3.8, 4) is 0 Å². The Morgan fingerprint density at radius 1 is 1.28 bits per heavy atom. The number of nitrogens with zero attached hydrogens (tertiary/aromatic N) is 1. The third kappa shape index (κ3) is 1.80. The van der Waals surface area contributed by atoms with Gasteiger partial charge >= 0.3 is 0 Å². The maximum absolute atomic E-state index is 12.4. The monoisotopic (exact) mass is 249 g/mol. The molecule has 1 amide bonds. The minimum Gasteiger partial charge on any atom is -0.343 e. The molecule has 3 rings (SSSR count). The summed E-state index contributed by atoms with van der Waals surface area (Å²) in [6, 6.07) is 0. The largest absolute Gasteiger partial charge is 0.343 e. The van der Waals surface area contributed by atoms with Crippen LogP contribution in [0.5, 0.6) is 0 Å². The van der Waals surface area contributed by atoms with Crippen molar-refractivity contribution in [3.63, 3.8) is 0 Å². The lowest BCUT2D eigenvalue weighted by molar-refractivity contribution is -0.132. The van der Waals surface area contributed by atoms with E-state index < -0.39 is 0 Å². The molecule has 2 nitrogen and oxygen atoms in total. The van der Waals surface area contributed by atoms with Crippen molar-refractivity contribution in [2.75, 3.05) is 13.1 Å². The van der Waals surface area contributed by atoms with Gasteiger partial charge in [-0.25, -0.2) is 0 Å². The van der Waals surface area contributed by atoms with Crippen LogP contribution in [0.15, 0.2) is 0 Å². The van der Waals surface area contributed by atoms with Gasteiger partial charge in [-0.15, -0.1) is 0 Å². The summed E-state index contributed by atoms with van der Waals surface area (Å²) in [4.78, 5) is 14.5. The predicted molar refractivity (Wildman–Crippen MR) is 73.2 cm³/mol. The maximum atomic E-state index is 12.4. The zero-order valence-corrected chi connectivity index (χ0v) is 12.0. The molecule has 0 radical (unpaired) electrons. The van der Waals surface area contributed by atoms with Crippen LogP contribution in [0.2, 0.25) is 0 Å². The zero-order chi connectivity index (χ0) is 12.8.